The van der Waals surface area contributed by atoms with Crippen LogP contribution in [0.4, 0.5) is 4.39 Å². The van der Waals surface area contributed by atoms with Crippen LogP contribution in [0.5, 0.6) is 0 Å². The van der Waals surface area contributed by atoms with Crippen molar-refractivity contribution < 1.29 is 13.6 Å². The number of furan rings is 1. The fourth-order valence-corrected chi connectivity index (χ4v) is 3.02. The highest BCUT2D eigenvalue weighted by Gasteiger charge is 2.25. The maximum Gasteiger partial charge on any atom is 0.239 e. The number of halogens is 1. The first-order valence-corrected chi connectivity index (χ1v) is 8.64. The molecule has 3 rings (SSSR count). The molecule has 1 saturated heterocycles. The summed E-state index contributed by atoms with van der Waals surface area (Å²) < 4.78 is 19.0. The van der Waals surface area contributed by atoms with Gasteiger partial charge in [-0.2, -0.15) is 0 Å². The molecule has 1 fully saturated rings. The Morgan fingerprint density at radius 2 is 1.96 bits per heavy atom. The van der Waals surface area contributed by atoms with Gasteiger partial charge in [0.25, 0.3) is 0 Å². The zero-order valence-corrected chi connectivity index (χ0v) is 14.5. The normalized spacial score (nSPS) is 16.8. The van der Waals surface area contributed by atoms with E-state index in [9.17, 15) is 9.18 Å². The predicted octanol–water partition coefficient (Wildman–Crippen LogP) is 2.24. The van der Waals surface area contributed by atoms with Crippen LogP contribution >= 0.6 is 0 Å². The van der Waals surface area contributed by atoms with Crippen LogP contribution in [0.2, 0.25) is 0 Å². The molecule has 0 spiro atoms. The van der Waals surface area contributed by atoms with E-state index in [-0.39, 0.29) is 17.8 Å². The summed E-state index contributed by atoms with van der Waals surface area (Å²) in [5.74, 6) is 0.739. The lowest BCUT2D eigenvalue weighted by Gasteiger charge is -2.36. The van der Waals surface area contributed by atoms with Gasteiger partial charge in [0.1, 0.15) is 11.6 Å². The van der Waals surface area contributed by atoms with Gasteiger partial charge < -0.3 is 9.32 Å². The molecule has 1 aliphatic heterocycles. The molecule has 0 aliphatic carbocycles. The lowest BCUT2D eigenvalue weighted by molar-refractivity contribution is -0.134. The van der Waals surface area contributed by atoms with Gasteiger partial charge in [-0.05, 0) is 25.1 Å². The first kappa shape index (κ1) is 17.6. The number of nitrogens with one attached hydrogen (secondary N) is 1. The number of carbonyl (C=O) groups excluding carboxylic acids is 1. The Balaban J connectivity index is 1.45. The Labute approximate surface area is 147 Å². The van der Waals surface area contributed by atoms with E-state index in [1.165, 1.54) is 6.07 Å². The molecule has 134 valence electrons. The Kier molecular flexibility index (Phi) is 5.83. The van der Waals surface area contributed by atoms with E-state index < -0.39 is 0 Å². The Morgan fingerprint density at radius 1 is 1.20 bits per heavy atom. The van der Waals surface area contributed by atoms with Gasteiger partial charge in [-0.3, -0.25) is 15.0 Å². The second-order valence-electron chi connectivity index (χ2n) is 6.37. The molecule has 2 heterocycles. The number of amides is 1. The zero-order chi connectivity index (χ0) is 17.6. The maximum atomic E-state index is 13.7. The van der Waals surface area contributed by atoms with E-state index in [4.69, 9.17) is 4.42 Å². The minimum Gasteiger partial charge on any atom is -0.468 e. The summed E-state index contributed by atoms with van der Waals surface area (Å²) in [6, 6.07) is 10.3. The summed E-state index contributed by atoms with van der Waals surface area (Å²) in [5.41, 5.74) is 0.704. The molecule has 1 atom stereocenters. The molecular formula is C19H24FN3O2. The highest BCUT2D eigenvalue weighted by atomic mass is 19.1. The molecule has 1 aliphatic rings. The summed E-state index contributed by atoms with van der Waals surface area (Å²) >= 11 is 0. The van der Waals surface area contributed by atoms with Gasteiger partial charge in [0.15, 0.2) is 0 Å². The second kappa shape index (κ2) is 8.27. The maximum absolute atomic E-state index is 13.7. The summed E-state index contributed by atoms with van der Waals surface area (Å²) in [6.45, 7) is 5.83. The number of hydrogen-bond donors (Lipinski definition) is 1. The number of carbonyl (C=O) groups is 1. The van der Waals surface area contributed by atoms with Gasteiger partial charge in [-0.1, -0.05) is 18.2 Å². The standard InChI is InChI=1S/C19H24FN3O2/c1-15(21-13-17-6-4-12-25-17)19(24)23-10-8-22(9-11-23)14-16-5-2-3-7-18(16)20/h2-7,12,15,21H,8-11,13-14H2,1H3. The molecule has 25 heavy (non-hydrogen) atoms. The predicted molar refractivity (Wildman–Crippen MR) is 93.3 cm³/mol. The van der Waals surface area contributed by atoms with Crippen molar-refractivity contribution in [3.8, 4) is 0 Å². The quantitative estimate of drug-likeness (QED) is 0.872. The van der Waals surface area contributed by atoms with E-state index in [2.05, 4.69) is 10.2 Å². The highest BCUT2D eigenvalue weighted by Crippen LogP contribution is 2.12. The lowest BCUT2D eigenvalue weighted by atomic mass is 10.1. The van der Waals surface area contributed by atoms with Crippen molar-refractivity contribution in [3.63, 3.8) is 0 Å². The van der Waals surface area contributed by atoms with E-state index >= 15 is 0 Å². The third-order valence-corrected chi connectivity index (χ3v) is 4.57. The third-order valence-electron chi connectivity index (χ3n) is 4.57. The Morgan fingerprint density at radius 3 is 2.64 bits per heavy atom. The van der Waals surface area contributed by atoms with Gasteiger partial charge in [0.2, 0.25) is 5.91 Å². The van der Waals surface area contributed by atoms with E-state index in [0.717, 1.165) is 18.8 Å². The molecule has 0 radical (unpaired) electrons. The molecule has 1 aromatic heterocycles. The van der Waals surface area contributed by atoms with Gasteiger partial charge in [0, 0.05) is 38.3 Å². The third kappa shape index (κ3) is 4.67. The molecule has 1 amide bonds. The summed E-state index contributed by atoms with van der Waals surface area (Å²) in [5, 5.41) is 3.19. The average molecular weight is 345 g/mol. The van der Waals surface area contributed by atoms with E-state index in [0.29, 0.717) is 31.7 Å². The number of rotatable bonds is 6. The van der Waals surface area contributed by atoms with Crippen LogP contribution in [-0.4, -0.2) is 47.9 Å². The van der Waals surface area contributed by atoms with Crippen molar-refractivity contribution in [1.29, 1.82) is 0 Å². The SMILES string of the molecule is CC(NCc1ccco1)C(=O)N1CCN(Cc2ccccc2F)CC1. The first-order chi connectivity index (χ1) is 12.1. The van der Waals surface area contributed by atoms with Gasteiger partial charge in [0.05, 0.1) is 18.8 Å². The van der Waals surface area contributed by atoms with Crippen LogP contribution < -0.4 is 5.32 Å². The van der Waals surface area contributed by atoms with Crippen LogP contribution in [0.1, 0.15) is 18.2 Å². The van der Waals surface area contributed by atoms with Crippen LogP contribution in [0.3, 0.4) is 0 Å². The van der Waals surface area contributed by atoms with Gasteiger partial charge >= 0.3 is 0 Å². The lowest BCUT2D eigenvalue weighted by Crippen LogP contribution is -2.53. The fourth-order valence-electron chi connectivity index (χ4n) is 3.02. The Hall–Kier alpha value is -2.18. The van der Waals surface area contributed by atoms with Crippen LogP contribution in [0.25, 0.3) is 0 Å². The van der Waals surface area contributed by atoms with Gasteiger partial charge in [-0.25, -0.2) is 4.39 Å². The van der Waals surface area contributed by atoms with Crippen molar-refractivity contribution in [2.75, 3.05) is 26.2 Å². The van der Waals surface area contributed by atoms with Crippen molar-refractivity contribution in [2.45, 2.75) is 26.1 Å². The highest BCUT2D eigenvalue weighted by molar-refractivity contribution is 5.81. The number of nitrogens with zero attached hydrogens (tertiary/aromatic N) is 2. The van der Waals surface area contributed by atoms with Gasteiger partial charge in [-0.15, -0.1) is 0 Å². The van der Waals surface area contributed by atoms with Crippen molar-refractivity contribution in [2.24, 2.45) is 0 Å². The largest absolute Gasteiger partial charge is 0.468 e. The summed E-state index contributed by atoms with van der Waals surface area (Å²) in [4.78, 5) is 16.6. The molecule has 2 aromatic rings. The van der Waals surface area contributed by atoms with E-state index in [1.807, 2.05) is 36.1 Å². The molecule has 0 bridgehead atoms. The minimum absolute atomic E-state index is 0.0945. The minimum atomic E-state index is -0.261. The topological polar surface area (TPSA) is 48.7 Å². The zero-order valence-electron chi connectivity index (χ0n) is 14.5. The van der Waals surface area contributed by atoms with Crippen LogP contribution in [0.15, 0.2) is 47.1 Å². The Bertz CT molecular complexity index is 682. The molecule has 1 aromatic carbocycles. The molecule has 1 unspecified atom stereocenters. The number of benzene rings is 1. The molecule has 6 heteroatoms. The number of hydrogen-bond acceptors (Lipinski definition) is 4. The number of piperazine rings is 1. The molecule has 1 N–H and O–H groups in total. The van der Waals surface area contributed by atoms with E-state index in [1.54, 1.807) is 12.3 Å². The molecular weight excluding hydrogens is 321 g/mol. The van der Waals surface area contributed by atoms with Crippen LogP contribution in [-0.2, 0) is 17.9 Å². The van der Waals surface area contributed by atoms with Crippen LogP contribution in [0, 0.1) is 5.82 Å². The smallest absolute Gasteiger partial charge is 0.239 e. The molecule has 5 nitrogen and oxygen atoms in total. The first-order valence-electron chi connectivity index (χ1n) is 8.64. The van der Waals surface area contributed by atoms with Crippen molar-refractivity contribution in [1.82, 2.24) is 15.1 Å². The van der Waals surface area contributed by atoms with Crippen molar-refractivity contribution in [3.05, 3.63) is 59.8 Å². The molecule has 0 saturated carbocycles. The second-order valence-corrected chi connectivity index (χ2v) is 6.37. The average Bonchev–Trinajstić information content (AvgIpc) is 3.15. The monoisotopic (exact) mass is 345 g/mol. The fraction of sp³-hybridized carbons (Fsp3) is 0.421. The van der Waals surface area contributed by atoms with Crippen molar-refractivity contribution >= 4 is 5.91 Å². The summed E-state index contributed by atoms with van der Waals surface area (Å²) in [6.07, 6.45) is 1.62. The summed E-state index contributed by atoms with van der Waals surface area (Å²) in [7, 11) is 0.